The number of benzene rings is 1. The summed E-state index contributed by atoms with van der Waals surface area (Å²) in [7, 11) is 2.08. The minimum absolute atomic E-state index is 0.550. The molecule has 7 heteroatoms. The first-order chi connectivity index (χ1) is 11.8. The molecule has 0 amide bonds. The third-order valence-corrected chi connectivity index (χ3v) is 7.03. The number of rotatable bonds is 5. The lowest BCUT2D eigenvalue weighted by Gasteiger charge is -2.18. The van der Waals surface area contributed by atoms with Crippen LogP contribution in [-0.2, 0) is 5.88 Å². The molecule has 1 aromatic carbocycles. The Hall–Kier alpha value is -1.47. The second kappa shape index (κ2) is 6.80. The summed E-state index contributed by atoms with van der Waals surface area (Å²) in [6, 6.07) is 10.6. The van der Waals surface area contributed by atoms with Crippen molar-refractivity contribution in [1.82, 2.24) is 9.97 Å². The van der Waals surface area contributed by atoms with E-state index >= 15 is 0 Å². The minimum Gasteiger partial charge on any atom is -0.351 e. The van der Waals surface area contributed by atoms with Gasteiger partial charge < -0.3 is 9.29 Å². The maximum atomic E-state index is 6.02. The van der Waals surface area contributed by atoms with E-state index in [-0.39, 0.29) is 0 Å². The normalized spacial score (nSPS) is 11.2. The fourth-order valence-corrected chi connectivity index (χ4v) is 5.41. The SMILES string of the molecule is CN(Sc1ccsc1CCl)c1cccc2cc(-c3nccs3)[nH]c12. The first kappa shape index (κ1) is 16.0. The van der Waals surface area contributed by atoms with Crippen molar-refractivity contribution in [3.63, 3.8) is 0 Å². The highest BCUT2D eigenvalue weighted by Crippen LogP contribution is 2.37. The quantitative estimate of drug-likeness (QED) is 0.323. The second-order valence-corrected chi connectivity index (χ2v) is 8.52. The van der Waals surface area contributed by atoms with Crippen LogP contribution < -0.4 is 4.31 Å². The monoisotopic (exact) mass is 391 g/mol. The molecule has 3 nitrogen and oxygen atoms in total. The van der Waals surface area contributed by atoms with Crippen molar-refractivity contribution in [1.29, 1.82) is 0 Å². The van der Waals surface area contributed by atoms with E-state index in [0.29, 0.717) is 5.88 Å². The van der Waals surface area contributed by atoms with Gasteiger partial charge in [-0.05, 0) is 35.5 Å². The molecule has 122 valence electrons. The lowest BCUT2D eigenvalue weighted by atomic mass is 10.2. The summed E-state index contributed by atoms with van der Waals surface area (Å²) in [5, 5.41) is 6.28. The number of para-hydroxylation sites is 1. The number of fused-ring (bicyclic) bond motifs is 1. The van der Waals surface area contributed by atoms with Crippen LogP contribution in [0.1, 0.15) is 4.88 Å². The summed E-state index contributed by atoms with van der Waals surface area (Å²) in [6.07, 6.45) is 1.83. The molecule has 4 rings (SSSR count). The molecule has 0 aliphatic heterocycles. The molecule has 0 unspecified atom stereocenters. The number of anilines is 1. The van der Waals surface area contributed by atoms with Crippen LogP contribution in [0.4, 0.5) is 5.69 Å². The van der Waals surface area contributed by atoms with E-state index in [0.717, 1.165) is 21.9 Å². The van der Waals surface area contributed by atoms with Crippen molar-refractivity contribution in [2.75, 3.05) is 11.4 Å². The fraction of sp³-hybridized carbons (Fsp3) is 0.118. The van der Waals surface area contributed by atoms with Crippen LogP contribution in [0.25, 0.3) is 21.6 Å². The topological polar surface area (TPSA) is 31.9 Å². The van der Waals surface area contributed by atoms with E-state index in [1.54, 1.807) is 34.6 Å². The van der Waals surface area contributed by atoms with Gasteiger partial charge >= 0.3 is 0 Å². The van der Waals surface area contributed by atoms with Crippen LogP contribution in [-0.4, -0.2) is 17.0 Å². The van der Waals surface area contributed by atoms with Gasteiger partial charge in [-0.25, -0.2) is 4.98 Å². The van der Waals surface area contributed by atoms with Crippen molar-refractivity contribution >= 4 is 62.8 Å². The predicted octanol–water partition coefficient (Wildman–Crippen LogP) is 6.24. The number of nitrogens with one attached hydrogen (secondary N) is 1. The van der Waals surface area contributed by atoms with Crippen molar-refractivity contribution in [2.45, 2.75) is 10.8 Å². The molecule has 0 saturated heterocycles. The largest absolute Gasteiger partial charge is 0.351 e. The van der Waals surface area contributed by atoms with Gasteiger partial charge in [-0.2, -0.15) is 0 Å². The van der Waals surface area contributed by atoms with Crippen molar-refractivity contribution < 1.29 is 0 Å². The standard InChI is InChI=1S/C17H14ClN3S3/c1-21(24-14-5-7-22-15(14)10-18)13-4-2-3-11-9-12(20-16(11)13)17-19-6-8-23-17/h2-9,20H,10H2,1H3. The Morgan fingerprint density at radius 2 is 2.17 bits per heavy atom. The van der Waals surface area contributed by atoms with Crippen LogP contribution in [0.15, 0.2) is 52.2 Å². The third-order valence-electron chi connectivity index (χ3n) is 3.70. The fourth-order valence-electron chi connectivity index (χ4n) is 2.58. The zero-order chi connectivity index (χ0) is 16.5. The average Bonchev–Trinajstić information content (AvgIpc) is 3.33. The third kappa shape index (κ3) is 2.95. The zero-order valence-corrected chi connectivity index (χ0v) is 16.0. The molecule has 3 heterocycles. The number of nitrogens with zero attached hydrogens (tertiary/aromatic N) is 2. The highest BCUT2D eigenvalue weighted by molar-refractivity contribution is 8.00. The van der Waals surface area contributed by atoms with E-state index in [1.807, 2.05) is 11.6 Å². The molecule has 0 aliphatic rings. The molecule has 0 aliphatic carbocycles. The summed E-state index contributed by atoms with van der Waals surface area (Å²) in [6.45, 7) is 0. The molecule has 3 aromatic heterocycles. The smallest absolute Gasteiger partial charge is 0.139 e. The Balaban J connectivity index is 1.71. The van der Waals surface area contributed by atoms with Gasteiger partial charge in [-0.1, -0.05) is 12.1 Å². The van der Waals surface area contributed by atoms with Crippen LogP contribution in [0.2, 0.25) is 0 Å². The number of halogens is 1. The molecule has 0 bridgehead atoms. The zero-order valence-electron chi connectivity index (χ0n) is 12.8. The van der Waals surface area contributed by atoms with Crippen LogP contribution in [0.3, 0.4) is 0 Å². The highest BCUT2D eigenvalue weighted by Gasteiger charge is 2.14. The Labute approximate surface area is 157 Å². The number of alkyl halides is 1. The molecule has 0 spiro atoms. The predicted molar refractivity (Wildman–Crippen MR) is 108 cm³/mol. The molecule has 0 radical (unpaired) electrons. The summed E-state index contributed by atoms with van der Waals surface area (Å²) in [5.41, 5.74) is 3.33. The summed E-state index contributed by atoms with van der Waals surface area (Å²) < 4.78 is 2.18. The van der Waals surface area contributed by atoms with Crippen LogP contribution >= 0.6 is 46.2 Å². The first-order valence-corrected chi connectivity index (χ1v) is 10.4. The van der Waals surface area contributed by atoms with Gasteiger partial charge in [-0.3, -0.25) is 0 Å². The van der Waals surface area contributed by atoms with Crippen LogP contribution in [0.5, 0.6) is 0 Å². The van der Waals surface area contributed by atoms with Gasteiger partial charge in [-0.15, -0.1) is 34.3 Å². The lowest BCUT2D eigenvalue weighted by molar-refractivity contribution is 1.31. The molecule has 0 fully saturated rings. The number of aromatic amines is 1. The Kier molecular flexibility index (Phi) is 4.54. The van der Waals surface area contributed by atoms with Crippen molar-refractivity contribution in [3.8, 4) is 10.7 Å². The second-order valence-electron chi connectivity index (χ2n) is 5.19. The number of aromatic nitrogens is 2. The van der Waals surface area contributed by atoms with Gasteiger partial charge in [0, 0.05) is 33.8 Å². The Bertz CT molecular complexity index is 959. The lowest BCUT2D eigenvalue weighted by Crippen LogP contribution is -2.06. The molecular formula is C17H14ClN3S3. The molecule has 1 N–H and O–H groups in total. The molecule has 0 saturated carbocycles. The first-order valence-electron chi connectivity index (χ1n) is 7.32. The van der Waals surface area contributed by atoms with Gasteiger partial charge in [0.1, 0.15) is 5.01 Å². The van der Waals surface area contributed by atoms with Gasteiger partial charge in [0.25, 0.3) is 0 Å². The number of hydrogen-bond acceptors (Lipinski definition) is 5. The summed E-state index contributed by atoms with van der Waals surface area (Å²) in [4.78, 5) is 10.3. The van der Waals surface area contributed by atoms with Crippen molar-refractivity contribution in [3.05, 3.63) is 52.2 Å². The van der Waals surface area contributed by atoms with E-state index in [2.05, 4.69) is 57.0 Å². The van der Waals surface area contributed by atoms with E-state index in [4.69, 9.17) is 11.6 Å². The number of thiophene rings is 1. The van der Waals surface area contributed by atoms with E-state index < -0.39 is 0 Å². The van der Waals surface area contributed by atoms with Crippen LogP contribution in [0, 0.1) is 0 Å². The van der Waals surface area contributed by atoms with Gasteiger partial charge in [0.15, 0.2) is 0 Å². The minimum atomic E-state index is 0.550. The van der Waals surface area contributed by atoms with Gasteiger partial charge in [0.2, 0.25) is 0 Å². The van der Waals surface area contributed by atoms with E-state index in [1.165, 1.54) is 15.2 Å². The highest BCUT2D eigenvalue weighted by atomic mass is 35.5. The molecular weight excluding hydrogens is 378 g/mol. The van der Waals surface area contributed by atoms with Crippen molar-refractivity contribution in [2.24, 2.45) is 0 Å². The van der Waals surface area contributed by atoms with E-state index in [9.17, 15) is 0 Å². The number of H-pyrrole nitrogens is 1. The number of thiazole rings is 1. The van der Waals surface area contributed by atoms with Gasteiger partial charge in [0.05, 0.1) is 22.8 Å². The Morgan fingerprint density at radius 1 is 1.25 bits per heavy atom. The molecule has 4 aromatic rings. The maximum Gasteiger partial charge on any atom is 0.139 e. The number of hydrogen-bond donors (Lipinski definition) is 1. The maximum absolute atomic E-state index is 6.02. The summed E-state index contributed by atoms with van der Waals surface area (Å²) in [5.74, 6) is 0.550. The molecule has 24 heavy (non-hydrogen) atoms. The summed E-state index contributed by atoms with van der Waals surface area (Å²) >= 11 is 11.1. The average molecular weight is 392 g/mol. The Morgan fingerprint density at radius 3 is 2.96 bits per heavy atom. The molecule has 0 atom stereocenters.